The van der Waals surface area contributed by atoms with Gasteiger partial charge in [-0.25, -0.2) is 4.39 Å². The van der Waals surface area contributed by atoms with E-state index in [0.717, 1.165) is 11.8 Å². The zero-order valence-corrected chi connectivity index (χ0v) is 16.4. The van der Waals surface area contributed by atoms with Gasteiger partial charge in [0, 0.05) is 6.07 Å². The summed E-state index contributed by atoms with van der Waals surface area (Å²) in [7, 11) is 0. The Morgan fingerprint density at radius 3 is 2.96 bits per heavy atom. The van der Waals surface area contributed by atoms with Crippen molar-refractivity contribution in [3.8, 4) is 12.3 Å². The van der Waals surface area contributed by atoms with E-state index in [4.69, 9.17) is 10.9 Å². The van der Waals surface area contributed by atoms with Gasteiger partial charge < -0.3 is 14.4 Å². The molecule has 7 nitrogen and oxygen atoms in total. The number of amides is 2. The molecular formula is C18H15FN4O3S2. The molecule has 0 saturated heterocycles. The van der Waals surface area contributed by atoms with Gasteiger partial charge in [-0.1, -0.05) is 22.4 Å². The fourth-order valence-corrected chi connectivity index (χ4v) is 4.02. The van der Waals surface area contributed by atoms with Crippen LogP contribution in [0, 0.1) is 25.1 Å². The minimum absolute atomic E-state index is 0.0178. The topological polar surface area (TPSA) is 89.5 Å². The Hall–Kier alpha value is -2.90. The molecule has 0 radical (unpaired) electrons. The Morgan fingerprint density at radius 2 is 2.25 bits per heavy atom. The molecule has 144 valence electrons. The van der Waals surface area contributed by atoms with Gasteiger partial charge in [0.1, 0.15) is 11.6 Å². The second kappa shape index (κ2) is 8.86. The summed E-state index contributed by atoms with van der Waals surface area (Å²) in [5.74, 6) is 2.42. The maximum Gasteiger partial charge on any atom is 0.258 e. The number of benzene rings is 1. The number of halogens is 1. The molecule has 0 spiro atoms. The number of nitrogens with zero attached hydrogens (tertiary/aromatic N) is 3. The highest BCUT2D eigenvalue weighted by Gasteiger charge is 2.10. The van der Waals surface area contributed by atoms with Crippen LogP contribution in [0.1, 0.15) is 5.76 Å². The molecule has 0 fully saturated rings. The summed E-state index contributed by atoms with van der Waals surface area (Å²) in [6.07, 6.45) is 5.39. The van der Waals surface area contributed by atoms with Crippen molar-refractivity contribution in [2.24, 2.45) is 4.99 Å². The van der Waals surface area contributed by atoms with Crippen molar-refractivity contribution in [1.29, 1.82) is 0 Å². The second-order valence-corrected chi connectivity index (χ2v) is 7.65. The first-order valence-corrected chi connectivity index (χ1v) is 10.0. The fourth-order valence-electron chi connectivity index (χ4n) is 2.35. The van der Waals surface area contributed by atoms with Crippen LogP contribution in [0.5, 0.6) is 0 Å². The van der Waals surface area contributed by atoms with Crippen molar-refractivity contribution < 1.29 is 18.5 Å². The summed E-state index contributed by atoms with van der Waals surface area (Å²) in [6.45, 7) is 1.93. The number of hydrogen-bond donors (Lipinski definition) is 1. The predicted octanol–water partition coefficient (Wildman–Crippen LogP) is 2.57. The van der Waals surface area contributed by atoms with Gasteiger partial charge in [0.05, 0.1) is 28.3 Å². The van der Waals surface area contributed by atoms with Gasteiger partial charge in [-0.15, -0.1) is 18.2 Å². The molecule has 2 amide bonds. The third-order valence-corrected chi connectivity index (χ3v) is 5.43. The fraction of sp³-hybridized carbons (Fsp3) is 0.222. The smallest absolute Gasteiger partial charge is 0.258 e. The zero-order chi connectivity index (χ0) is 20.1. The third kappa shape index (κ3) is 4.88. The lowest BCUT2D eigenvalue weighted by molar-refractivity contribution is -0.115. The van der Waals surface area contributed by atoms with Crippen molar-refractivity contribution in [3.63, 3.8) is 0 Å². The molecule has 0 aliphatic heterocycles. The summed E-state index contributed by atoms with van der Waals surface area (Å²) < 4.78 is 20.6. The Morgan fingerprint density at radius 1 is 1.43 bits per heavy atom. The number of nitrogens with one attached hydrogen (secondary N) is 1. The van der Waals surface area contributed by atoms with E-state index >= 15 is 0 Å². The minimum Gasteiger partial charge on any atom is -0.360 e. The second-order valence-electron chi connectivity index (χ2n) is 5.66. The largest absolute Gasteiger partial charge is 0.360 e. The summed E-state index contributed by atoms with van der Waals surface area (Å²) in [6, 6.07) is 5.91. The van der Waals surface area contributed by atoms with Crippen molar-refractivity contribution in [1.82, 2.24) is 9.72 Å². The van der Waals surface area contributed by atoms with E-state index in [0.29, 0.717) is 26.6 Å². The van der Waals surface area contributed by atoms with Gasteiger partial charge in [-0.2, -0.15) is 4.99 Å². The van der Waals surface area contributed by atoms with E-state index in [9.17, 15) is 14.0 Å². The summed E-state index contributed by atoms with van der Waals surface area (Å²) in [5.41, 5.74) is 0.714. The Kier molecular flexibility index (Phi) is 6.28. The number of rotatable bonds is 6. The monoisotopic (exact) mass is 418 g/mol. The number of aromatic nitrogens is 2. The molecule has 3 rings (SSSR count). The van der Waals surface area contributed by atoms with E-state index in [1.807, 2.05) is 0 Å². The molecular weight excluding hydrogens is 403 g/mol. The van der Waals surface area contributed by atoms with Crippen LogP contribution in [-0.4, -0.2) is 33.0 Å². The standard InChI is InChI=1S/C18H15FN4O3S2/c1-3-6-23-13-5-4-12(19)8-14(13)28-18(23)21-17(25)10-27-9-16(24)20-15-7-11(2)26-22-15/h1,4-5,7-8H,6,9-10H2,2H3,(H,20,22,24). The lowest BCUT2D eigenvalue weighted by Crippen LogP contribution is -2.18. The van der Waals surface area contributed by atoms with Crippen LogP contribution in [0.3, 0.4) is 0 Å². The first-order valence-electron chi connectivity index (χ1n) is 8.07. The van der Waals surface area contributed by atoms with Gasteiger partial charge in [0.2, 0.25) is 5.91 Å². The lowest BCUT2D eigenvalue weighted by Gasteiger charge is -2.00. The molecule has 0 saturated carbocycles. The van der Waals surface area contributed by atoms with Gasteiger partial charge in [0.15, 0.2) is 10.6 Å². The number of terminal acetylenes is 1. The van der Waals surface area contributed by atoms with Gasteiger partial charge in [-0.3, -0.25) is 9.59 Å². The van der Waals surface area contributed by atoms with E-state index < -0.39 is 5.91 Å². The van der Waals surface area contributed by atoms with E-state index in [1.165, 1.54) is 23.5 Å². The van der Waals surface area contributed by atoms with Crippen LogP contribution in [0.2, 0.25) is 0 Å². The maximum atomic E-state index is 13.4. The number of anilines is 1. The third-order valence-electron chi connectivity index (χ3n) is 3.47. The van der Waals surface area contributed by atoms with E-state index in [1.54, 1.807) is 23.6 Å². The number of hydrogen-bond acceptors (Lipinski definition) is 6. The van der Waals surface area contributed by atoms with Crippen molar-refractivity contribution in [2.75, 3.05) is 16.8 Å². The molecule has 3 aromatic rings. The van der Waals surface area contributed by atoms with Crippen LogP contribution in [0.15, 0.2) is 33.8 Å². The summed E-state index contributed by atoms with van der Waals surface area (Å²) in [4.78, 5) is 28.5. The first kappa shape index (κ1) is 19.9. The van der Waals surface area contributed by atoms with Gasteiger partial charge >= 0.3 is 0 Å². The summed E-state index contributed by atoms with van der Waals surface area (Å²) >= 11 is 2.31. The lowest BCUT2D eigenvalue weighted by atomic mass is 10.3. The van der Waals surface area contributed by atoms with E-state index in [-0.39, 0.29) is 29.8 Å². The molecule has 28 heavy (non-hydrogen) atoms. The van der Waals surface area contributed by atoms with E-state index in [2.05, 4.69) is 21.4 Å². The van der Waals surface area contributed by atoms with Crippen molar-refractivity contribution in [3.05, 3.63) is 40.6 Å². The number of carbonyl (C=O) groups excluding carboxylic acids is 2. The number of thiazole rings is 1. The quantitative estimate of drug-likeness (QED) is 0.622. The highest BCUT2D eigenvalue weighted by molar-refractivity contribution is 8.00. The van der Waals surface area contributed by atoms with Crippen molar-refractivity contribution in [2.45, 2.75) is 13.5 Å². The van der Waals surface area contributed by atoms with Crippen LogP contribution in [0.4, 0.5) is 10.2 Å². The Labute approximate surface area is 167 Å². The Balaban J connectivity index is 1.65. The summed E-state index contributed by atoms with van der Waals surface area (Å²) in [5, 5.41) is 6.23. The van der Waals surface area contributed by atoms with Crippen LogP contribution < -0.4 is 10.1 Å². The van der Waals surface area contributed by atoms with Crippen LogP contribution >= 0.6 is 23.1 Å². The van der Waals surface area contributed by atoms with Gasteiger partial charge in [0.25, 0.3) is 5.91 Å². The molecule has 1 aromatic carbocycles. The molecule has 0 bridgehead atoms. The first-order chi connectivity index (χ1) is 13.5. The van der Waals surface area contributed by atoms with Crippen LogP contribution in [-0.2, 0) is 16.1 Å². The van der Waals surface area contributed by atoms with Crippen LogP contribution in [0.25, 0.3) is 10.2 Å². The number of thioether (sulfide) groups is 1. The molecule has 2 aromatic heterocycles. The van der Waals surface area contributed by atoms with Gasteiger partial charge in [-0.05, 0) is 25.1 Å². The molecule has 0 aliphatic carbocycles. The number of fused-ring (bicyclic) bond motifs is 1. The predicted molar refractivity (Wildman–Crippen MR) is 106 cm³/mol. The SMILES string of the molecule is C#CCn1c(=NC(=O)CSCC(=O)Nc2cc(C)on2)sc2cc(F)ccc21. The van der Waals surface area contributed by atoms with Crippen molar-refractivity contribution >= 4 is 50.9 Å². The zero-order valence-electron chi connectivity index (χ0n) is 14.8. The highest BCUT2D eigenvalue weighted by atomic mass is 32.2. The number of aryl methyl sites for hydroxylation is 1. The highest BCUT2D eigenvalue weighted by Crippen LogP contribution is 2.18. The molecule has 10 heteroatoms. The Bertz CT molecular complexity index is 1140. The maximum absolute atomic E-state index is 13.4. The molecule has 2 heterocycles. The average molecular weight is 418 g/mol. The molecule has 0 aliphatic rings. The molecule has 0 unspecified atom stereocenters. The minimum atomic E-state index is -0.409. The normalized spacial score (nSPS) is 11.5. The number of carbonyl (C=O) groups is 2. The molecule has 0 atom stereocenters. The molecule has 1 N–H and O–H groups in total. The average Bonchev–Trinajstić information content (AvgIpc) is 3.18.